The van der Waals surface area contributed by atoms with E-state index in [1.54, 1.807) is 6.92 Å². The Morgan fingerprint density at radius 1 is 1.11 bits per heavy atom. The number of pyridine rings is 1. The lowest BCUT2D eigenvalue weighted by Gasteiger charge is -2.28. The van der Waals surface area contributed by atoms with Crippen LogP contribution in [-0.2, 0) is 16.6 Å². The molecule has 0 saturated carbocycles. The first-order valence-corrected chi connectivity index (χ1v) is 11.4. The second-order valence-electron chi connectivity index (χ2n) is 8.58. The van der Waals surface area contributed by atoms with Gasteiger partial charge in [0.2, 0.25) is 0 Å². The molecule has 3 N–H and O–H groups in total. The van der Waals surface area contributed by atoms with E-state index in [1.807, 2.05) is 48.3 Å². The van der Waals surface area contributed by atoms with E-state index in [0.29, 0.717) is 30.3 Å². The van der Waals surface area contributed by atoms with Gasteiger partial charge in [0.15, 0.2) is 0 Å². The Morgan fingerprint density at radius 3 is 2.57 bits per heavy atom. The molecule has 9 nitrogen and oxygen atoms in total. The summed E-state index contributed by atoms with van der Waals surface area (Å²) in [7, 11) is 1.96. The number of morpholine rings is 1. The van der Waals surface area contributed by atoms with Crippen LogP contribution in [0, 0.1) is 0 Å². The number of aromatic nitrogens is 4. The van der Waals surface area contributed by atoms with E-state index in [-0.39, 0.29) is 5.91 Å². The van der Waals surface area contributed by atoms with Gasteiger partial charge in [-0.1, -0.05) is 18.7 Å². The van der Waals surface area contributed by atoms with Gasteiger partial charge in [-0.15, -0.1) is 0 Å². The Kier molecular flexibility index (Phi) is 5.92. The van der Waals surface area contributed by atoms with Crippen LogP contribution in [-0.4, -0.2) is 51.7 Å². The highest BCUT2D eigenvalue weighted by atomic mass is 16.5. The predicted octanol–water partition coefficient (Wildman–Crippen LogP) is 3.63. The van der Waals surface area contributed by atoms with Crippen molar-refractivity contribution in [1.29, 1.82) is 0 Å². The summed E-state index contributed by atoms with van der Waals surface area (Å²) in [5, 5.41) is 3.63. The Morgan fingerprint density at radius 2 is 1.86 bits per heavy atom. The number of nitrogens with zero attached hydrogens (tertiary/aromatic N) is 5. The lowest BCUT2D eigenvalue weighted by Crippen LogP contribution is -2.36. The number of hydrogen-bond donors (Lipinski definition) is 2. The fourth-order valence-corrected chi connectivity index (χ4v) is 4.40. The number of benzene rings is 1. The average Bonchev–Trinajstić information content (AvgIpc) is 3.18. The number of carbonyl (C=O) groups is 1. The van der Waals surface area contributed by atoms with Crippen molar-refractivity contribution in [3.05, 3.63) is 61.2 Å². The lowest BCUT2D eigenvalue weighted by atomic mass is 9.99. The second kappa shape index (κ2) is 9.19. The molecule has 4 aromatic rings. The molecule has 0 unspecified atom stereocenters. The molecule has 9 heteroatoms. The molecule has 4 heterocycles. The molecule has 0 atom stereocenters. The van der Waals surface area contributed by atoms with E-state index in [2.05, 4.69) is 37.8 Å². The number of nitrogen functional groups attached to an aromatic ring is 1. The third-order valence-electron chi connectivity index (χ3n) is 6.19. The molecule has 1 aromatic carbocycles. The quantitative estimate of drug-likeness (QED) is 0.429. The summed E-state index contributed by atoms with van der Waals surface area (Å²) < 4.78 is 7.53. The maximum absolute atomic E-state index is 12.0. The van der Waals surface area contributed by atoms with Crippen molar-refractivity contribution in [1.82, 2.24) is 19.5 Å². The summed E-state index contributed by atoms with van der Waals surface area (Å²) in [4.78, 5) is 27.6. The van der Waals surface area contributed by atoms with E-state index in [1.165, 1.54) is 6.33 Å². The Balaban J connectivity index is 1.65. The van der Waals surface area contributed by atoms with Gasteiger partial charge >= 0.3 is 0 Å². The molecule has 1 aliphatic rings. The first-order chi connectivity index (χ1) is 16.9. The highest BCUT2D eigenvalue weighted by Gasteiger charge is 2.23. The van der Waals surface area contributed by atoms with Crippen molar-refractivity contribution in [2.24, 2.45) is 7.05 Å². The van der Waals surface area contributed by atoms with Crippen molar-refractivity contribution >= 4 is 34.1 Å². The number of aryl methyl sites for hydroxylation is 1. The fraction of sp³-hybridized carbons (Fsp3) is 0.231. The Hall–Kier alpha value is -4.24. The van der Waals surface area contributed by atoms with Gasteiger partial charge in [0.1, 0.15) is 17.8 Å². The number of rotatable bonds is 5. The van der Waals surface area contributed by atoms with Crippen LogP contribution in [0.4, 0.5) is 17.2 Å². The number of hydrogen-bond acceptors (Lipinski definition) is 7. The van der Waals surface area contributed by atoms with Crippen LogP contribution < -0.4 is 16.0 Å². The van der Waals surface area contributed by atoms with Gasteiger partial charge in [-0.25, -0.2) is 9.97 Å². The van der Waals surface area contributed by atoms with Crippen molar-refractivity contribution in [3.8, 4) is 22.4 Å². The Bertz CT molecular complexity index is 1420. The topological polar surface area (TPSA) is 111 Å². The van der Waals surface area contributed by atoms with Crippen LogP contribution in [0.2, 0.25) is 0 Å². The van der Waals surface area contributed by atoms with Gasteiger partial charge in [-0.05, 0) is 30.7 Å². The van der Waals surface area contributed by atoms with Crippen LogP contribution in [0.25, 0.3) is 33.4 Å². The van der Waals surface area contributed by atoms with Crippen molar-refractivity contribution < 1.29 is 9.53 Å². The predicted molar refractivity (Wildman–Crippen MR) is 138 cm³/mol. The number of ether oxygens (including phenoxy) is 1. The number of anilines is 3. The molecule has 1 aliphatic heterocycles. The van der Waals surface area contributed by atoms with Gasteiger partial charge in [0, 0.05) is 48.7 Å². The summed E-state index contributed by atoms with van der Waals surface area (Å²) in [5.74, 6) is 0.200. The minimum absolute atomic E-state index is 0.211. The normalized spacial score (nSPS) is 13.7. The fourth-order valence-electron chi connectivity index (χ4n) is 4.40. The largest absolute Gasteiger partial charge is 0.383 e. The number of nitrogens with one attached hydrogen (secondary N) is 1. The molecule has 1 fully saturated rings. The highest BCUT2D eigenvalue weighted by Crippen LogP contribution is 2.42. The van der Waals surface area contributed by atoms with Crippen LogP contribution in [0.3, 0.4) is 0 Å². The van der Waals surface area contributed by atoms with E-state index in [4.69, 9.17) is 10.5 Å². The number of fused-ring (bicyclic) bond motifs is 1. The van der Waals surface area contributed by atoms with E-state index >= 15 is 0 Å². The molecule has 0 aliphatic carbocycles. The van der Waals surface area contributed by atoms with E-state index in [9.17, 15) is 4.79 Å². The second-order valence-corrected chi connectivity index (χ2v) is 8.58. The molecular weight excluding hydrogens is 442 g/mol. The van der Waals surface area contributed by atoms with Gasteiger partial charge in [-0.3, -0.25) is 9.78 Å². The molecule has 0 radical (unpaired) electrons. The molecule has 0 spiro atoms. The van der Waals surface area contributed by atoms with Crippen LogP contribution in [0.1, 0.15) is 6.92 Å². The summed E-state index contributed by atoms with van der Waals surface area (Å²) >= 11 is 0. The molecular formula is C26H27N7O2. The zero-order valence-electron chi connectivity index (χ0n) is 19.8. The van der Waals surface area contributed by atoms with Crippen molar-refractivity contribution in [2.45, 2.75) is 6.92 Å². The number of nitrogens with two attached hydrogens (primary N) is 1. The van der Waals surface area contributed by atoms with Crippen LogP contribution >= 0.6 is 0 Å². The zero-order chi connectivity index (χ0) is 24.5. The zero-order valence-corrected chi connectivity index (χ0v) is 19.8. The monoisotopic (exact) mass is 469 g/mol. The standard InChI is InChI=1S/C26H27N7O2/c1-16(2)26(34)31-19-6-4-17(5-7-19)23-21(22-24(27)29-15-30-25(22)32(23)3)18-12-20(14-28-13-18)33-8-10-35-11-9-33/h4-7,12-15H,1,8-11H2,2-3H3,(H,31,34)(H2,27,29,30). The van der Waals surface area contributed by atoms with Crippen LogP contribution in [0.5, 0.6) is 0 Å². The van der Waals surface area contributed by atoms with Gasteiger partial charge in [0.25, 0.3) is 5.91 Å². The van der Waals surface area contributed by atoms with Gasteiger partial charge in [-0.2, -0.15) is 0 Å². The number of carbonyl (C=O) groups excluding carboxylic acids is 1. The first kappa shape index (κ1) is 22.5. The van der Waals surface area contributed by atoms with Crippen LogP contribution in [0.15, 0.2) is 61.2 Å². The minimum Gasteiger partial charge on any atom is -0.383 e. The van der Waals surface area contributed by atoms with E-state index in [0.717, 1.165) is 52.2 Å². The molecule has 178 valence electrons. The highest BCUT2D eigenvalue weighted by molar-refractivity contribution is 6.08. The lowest BCUT2D eigenvalue weighted by molar-refractivity contribution is -0.112. The maximum Gasteiger partial charge on any atom is 0.250 e. The Labute approximate surface area is 203 Å². The molecule has 0 bridgehead atoms. The number of amides is 1. The smallest absolute Gasteiger partial charge is 0.250 e. The SMILES string of the molecule is C=C(C)C(=O)Nc1ccc(-c2c(-c3cncc(N4CCOCC4)c3)c3c(N)ncnc3n2C)cc1. The third kappa shape index (κ3) is 4.22. The molecule has 5 rings (SSSR count). The molecule has 1 saturated heterocycles. The summed E-state index contributed by atoms with van der Waals surface area (Å²) in [5.41, 5.74) is 13.0. The molecule has 3 aromatic heterocycles. The average molecular weight is 470 g/mol. The summed E-state index contributed by atoms with van der Waals surface area (Å²) in [6.45, 7) is 8.38. The summed E-state index contributed by atoms with van der Waals surface area (Å²) in [6, 6.07) is 9.80. The maximum atomic E-state index is 12.0. The molecule has 35 heavy (non-hydrogen) atoms. The van der Waals surface area contributed by atoms with Gasteiger partial charge < -0.3 is 25.3 Å². The van der Waals surface area contributed by atoms with E-state index < -0.39 is 0 Å². The van der Waals surface area contributed by atoms with Gasteiger partial charge in [0.05, 0.1) is 36.2 Å². The third-order valence-corrected chi connectivity index (χ3v) is 6.19. The minimum atomic E-state index is -0.211. The van der Waals surface area contributed by atoms with Crippen molar-refractivity contribution in [3.63, 3.8) is 0 Å². The first-order valence-electron chi connectivity index (χ1n) is 11.4. The summed E-state index contributed by atoms with van der Waals surface area (Å²) in [6.07, 6.45) is 5.19. The van der Waals surface area contributed by atoms with Crippen molar-refractivity contribution in [2.75, 3.05) is 42.3 Å². The molecule has 1 amide bonds.